The van der Waals surface area contributed by atoms with Crippen molar-refractivity contribution in [3.8, 4) is 17.0 Å². The minimum Gasteiger partial charge on any atom is -0.496 e. The summed E-state index contributed by atoms with van der Waals surface area (Å²) in [5, 5.41) is 10.7. The second-order valence-corrected chi connectivity index (χ2v) is 8.83. The Kier molecular flexibility index (Phi) is 4.74. The highest BCUT2D eigenvalue weighted by molar-refractivity contribution is 7.14. The lowest BCUT2D eigenvalue weighted by molar-refractivity contribution is 0.102. The Morgan fingerprint density at radius 1 is 1.23 bits per heavy atom. The minimum absolute atomic E-state index is 0.192. The van der Waals surface area contributed by atoms with Crippen LogP contribution in [0.3, 0.4) is 0 Å². The standard InChI is InChI=1S/C23H23N5O2S/c1-12-5-8-19(30-4)15(9-12)18-11-31-23(25-18)26-22(29)16-10-17(14-6-7-14)24-21-20(16)13(2)27-28(21)3/h5,8-11,14H,6-7H2,1-4H3,(H,25,26,29). The first-order valence-electron chi connectivity index (χ1n) is 10.2. The van der Waals surface area contributed by atoms with E-state index < -0.39 is 0 Å². The van der Waals surface area contributed by atoms with Gasteiger partial charge in [0, 0.05) is 29.6 Å². The number of amides is 1. The van der Waals surface area contributed by atoms with Crippen LogP contribution in [0.5, 0.6) is 5.75 Å². The second kappa shape index (κ2) is 7.46. The van der Waals surface area contributed by atoms with Gasteiger partial charge in [0.15, 0.2) is 10.8 Å². The van der Waals surface area contributed by atoms with Crippen LogP contribution in [0, 0.1) is 13.8 Å². The maximum absolute atomic E-state index is 13.3. The Bertz CT molecular complexity index is 1320. The van der Waals surface area contributed by atoms with Crippen molar-refractivity contribution >= 4 is 33.4 Å². The van der Waals surface area contributed by atoms with Crippen molar-refractivity contribution in [3.05, 3.63) is 52.2 Å². The lowest BCUT2D eigenvalue weighted by Gasteiger charge is -2.08. The molecule has 1 fully saturated rings. The van der Waals surface area contributed by atoms with E-state index in [1.165, 1.54) is 11.3 Å². The maximum Gasteiger partial charge on any atom is 0.258 e. The molecule has 3 heterocycles. The summed E-state index contributed by atoms with van der Waals surface area (Å²) in [6.45, 7) is 3.93. The lowest BCUT2D eigenvalue weighted by atomic mass is 10.1. The van der Waals surface area contributed by atoms with Gasteiger partial charge in [0.05, 0.1) is 29.4 Å². The fourth-order valence-electron chi connectivity index (χ4n) is 3.87. The largest absolute Gasteiger partial charge is 0.496 e. The van der Waals surface area contributed by atoms with Gasteiger partial charge in [0.25, 0.3) is 5.91 Å². The molecule has 4 aromatic rings. The molecule has 1 aliphatic rings. The first kappa shape index (κ1) is 19.7. The van der Waals surface area contributed by atoms with Gasteiger partial charge in [-0.2, -0.15) is 5.10 Å². The number of carbonyl (C=O) groups is 1. The van der Waals surface area contributed by atoms with Gasteiger partial charge in [-0.25, -0.2) is 9.97 Å². The molecule has 31 heavy (non-hydrogen) atoms. The van der Waals surface area contributed by atoms with Gasteiger partial charge in [0.2, 0.25) is 0 Å². The molecule has 158 valence electrons. The zero-order valence-electron chi connectivity index (χ0n) is 17.9. The van der Waals surface area contributed by atoms with Crippen LogP contribution in [-0.2, 0) is 7.05 Å². The molecule has 0 unspecified atom stereocenters. The highest BCUT2D eigenvalue weighted by Crippen LogP contribution is 2.40. The van der Waals surface area contributed by atoms with Crippen LogP contribution in [0.1, 0.15) is 46.1 Å². The Balaban J connectivity index is 1.49. The molecule has 7 nitrogen and oxygen atoms in total. The quantitative estimate of drug-likeness (QED) is 0.487. The van der Waals surface area contributed by atoms with Crippen LogP contribution in [0.15, 0.2) is 29.6 Å². The van der Waals surface area contributed by atoms with Gasteiger partial charge in [-0.1, -0.05) is 11.6 Å². The van der Waals surface area contributed by atoms with E-state index in [0.29, 0.717) is 16.6 Å². The van der Waals surface area contributed by atoms with Gasteiger partial charge < -0.3 is 4.74 Å². The molecule has 0 radical (unpaired) electrons. The topological polar surface area (TPSA) is 81.9 Å². The van der Waals surface area contributed by atoms with Crippen LogP contribution in [-0.4, -0.2) is 32.8 Å². The lowest BCUT2D eigenvalue weighted by Crippen LogP contribution is -2.13. The third kappa shape index (κ3) is 3.57. The predicted octanol–water partition coefficient (Wildman–Crippen LogP) is 4.85. The summed E-state index contributed by atoms with van der Waals surface area (Å²) in [4.78, 5) is 22.7. The van der Waals surface area contributed by atoms with E-state index >= 15 is 0 Å². The molecule has 3 aromatic heterocycles. The van der Waals surface area contributed by atoms with E-state index in [-0.39, 0.29) is 5.91 Å². The summed E-state index contributed by atoms with van der Waals surface area (Å²) < 4.78 is 7.23. The molecule has 0 bridgehead atoms. The molecule has 1 amide bonds. The van der Waals surface area contributed by atoms with Crippen LogP contribution < -0.4 is 10.1 Å². The number of methoxy groups -OCH3 is 1. The number of benzene rings is 1. The molecule has 1 N–H and O–H groups in total. The van der Waals surface area contributed by atoms with Crippen LogP contribution in [0.25, 0.3) is 22.3 Å². The number of hydrogen-bond acceptors (Lipinski definition) is 6. The number of hydrogen-bond donors (Lipinski definition) is 1. The van der Waals surface area contributed by atoms with E-state index in [1.54, 1.807) is 11.8 Å². The van der Waals surface area contributed by atoms with Gasteiger partial charge in [-0.3, -0.25) is 14.8 Å². The number of aryl methyl sites for hydroxylation is 3. The Labute approximate surface area is 184 Å². The number of carbonyl (C=O) groups excluding carboxylic acids is 1. The molecule has 0 saturated heterocycles. The number of rotatable bonds is 5. The molecule has 1 aliphatic carbocycles. The normalized spacial score (nSPS) is 13.5. The molecule has 0 aliphatic heterocycles. The fourth-order valence-corrected chi connectivity index (χ4v) is 4.58. The first-order valence-corrected chi connectivity index (χ1v) is 11.1. The van der Waals surface area contributed by atoms with Crippen LogP contribution in [0.4, 0.5) is 5.13 Å². The number of pyridine rings is 1. The number of fused-ring (bicyclic) bond motifs is 1. The smallest absolute Gasteiger partial charge is 0.258 e. The van der Waals surface area contributed by atoms with Crippen molar-refractivity contribution < 1.29 is 9.53 Å². The number of aromatic nitrogens is 4. The number of thiazole rings is 1. The number of anilines is 1. The van der Waals surface area contributed by atoms with E-state index in [9.17, 15) is 4.79 Å². The molecule has 1 saturated carbocycles. The molecule has 8 heteroatoms. The van der Waals surface area contributed by atoms with Crippen LogP contribution >= 0.6 is 11.3 Å². The molecular weight excluding hydrogens is 410 g/mol. The molecule has 1 aromatic carbocycles. The zero-order chi connectivity index (χ0) is 21.7. The van der Waals surface area contributed by atoms with E-state index in [0.717, 1.165) is 57.8 Å². The highest BCUT2D eigenvalue weighted by atomic mass is 32.1. The summed E-state index contributed by atoms with van der Waals surface area (Å²) in [6.07, 6.45) is 2.23. The second-order valence-electron chi connectivity index (χ2n) is 7.97. The Morgan fingerprint density at radius 3 is 2.77 bits per heavy atom. The van der Waals surface area contributed by atoms with Gasteiger partial charge in [0.1, 0.15) is 5.75 Å². The van der Waals surface area contributed by atoms with E-state index in [1.807, 2.05) is 50.5 Å². The monoisotopic (exact) mass is 433 g/mol. The van der Waals surface area contributed by atoms with Crippen LogP contribution in [0.2, 0.25) is 0 Å². The summed E-state index contributed by atoms with van der Waals surface area (Å²) in [5.74, 6) is 0.999. The SMILES string of the molecule is COc1ccc(C)cc1-c1csc(NC(=O)c2cc(C3CC3)nc3c2c(C)nn3C)n1. The number of ether oxygens (including phenoxy) is 1. The molecular formula is C23H23N5O2S. The van der Waals surface area contributed by atoms with Gasteiger partial charge >= 0.3 is 0 Å². The zero-order valence-corrected chi connectivity index (χ0v) is 18.7. The summed E-state index contributed by atoms with van der Waals surface area (Å²) in [6, 6.07) is 7.88. The number of nitrogens with one attached hydrogen (secondary N) is 1. The van der Waals surface area contributed by atoms with Crippen molar-refractivity contribution in [2.45, 2.75) is 32.6 Å². The third-order valence-electron chi connectivity index (χ3n) is 5.58. The average molecular weight is 434 g/mol. The predicted molar refractivity (Wildman–Crippen MR) is 122 cm³/mol. The van der Waals surface area contributed by atoms with Gasteiger partial charge in [-0.05, 0) is 44.9 Å². The summed E-state index contributed by atoms with van der Waals surface area (Å²) in [7, 11) is 3.51. The summed E-state index contributed by atoms with van der Waals surface area (Å²) >= 11 is 1.40. The van der Waals surface area contributed by atoms with Crippen molar-refractivity contribution in [3.63, 3.8) is 0 Å². The molecule has 0 atom stereocenters. The fraction of sp³-hybridized carbons (Fsp3) is 0.304. The van der Waals surface area contributed by atoms with Crippen molar-refractivity contribution in [1.29, 1.82) is 0 Å². The Morgan fingerprint density at radius 2 is 2.03 bits per heavy atom. The van der Waals surface area contributed by atoms with Crippen molar-refractivity contribution in [1.82, 2.24) is 19.7 Å². The van der Waals surface area contributed by atoms with E-state index in [4.69, 9.17) is 9.72 Å². The minimum atomic E-state index is -0.192. The number of nitrogens with zero attached hydrogens (tertiary/aromatic N) is 4. The third-order valence-corrected chi connectivity index (χ3v) is 6.34. The highest BCUT2D eigenvalue weighted by Gasteiger charge is 2.28. The van der Waals surface area contributed by atoms with Crippen molar-refractivity contribution in [2.24, 2.45) is 7.05 Å². The van der Waals surface area contributed by atoms with E-state index in [2.05, 4.69) is 15.4 Å². The molecule has 5 rings (SSSR count). The first-order chi connectivity index (χ1) is 14.9. The molecule has 0 spiro atoms. The maximum atomic E-state index is 13.3. The van der Waals surface area contributed by atoms with Gasteiger partial charge in [-0.15, -0.1) is 11.3 Å². The Hall–Kier alpha value is -3.26. The van der Waals surface area contributed by atoms with Crippen molar-refractivity contribution in [2.75, 3.05) is 12.4 Å². The average Bonchev–Trinajstić information content (AvgIpc) is 3.44. The summed E-state index contributed by atoms with van der Waals surface area (Å²) in [5.41, 5.74) is 5.90.